The number of carbonyl (C=O) groups excluding carboxylic acids is 1. The highest BCUT2D eigenvalue weighted by atomic mass is 32.1. The van der Waals surface area contributed by atoms with E-state index in [1.807, 2.05) is 56.5 Å². The molecule has 9 nitrogen and oxygen atoms in total. The molecule has 0 bridgehead atoms. The lowest BCUT2D eigenvalue weighted by molar-refractivity contribution is -0.123. The normalized spacial score (nSPS) is 11.9. The number of amides is 1. The summed E-state index contributed by atoms with van der Waals surface area (Å²) in [5.41, 5.74) is 7.19. The molecule has 0 aliphatic carbocycles. The molecule has 0 atom stereocenters. The number of nitrogens with one attached hydrogen (secondary N) is 3. The summed E-state index contributed by atoms with van der Waals surface area (Å²) in [5, 5.41) is 14.5. The van der Waals surface area contributed by atoms with Gasteiger partial charge < -0.3 is 10.3 Å². The smallest absolute Gasteiger partial charge is 0.229 e. The van der Waals surface area contributed by atoms with Gasteiger partial charge in [-0.2, -0.15) is 16.4 Å². The predicted octanol–water partition coefficient (Wildman–Crippen LogP) is 5.67. The third-order valence-corrected chi connectivity index (χ3v) is 6.48. The Kier molecular flexibility index (Phi) is 5.11. The molecule has 6 heterocycles. The lowest BCUT2D eigenvalue weighted by Gasteiger charge is -2.17. The molecule has 0 radical (unpaired) electrons. The van der Waals surface area contributed by atoms with Crippen molar-refractivity contribution < 1.29 is 4.79 Å². The Morgan fingerprint density at radius 2 is 1.83 bits per heavy atom. The first-order chi connectivity index (χ1) is 17.4. The molecule has 0 unspecified atom stereocenters. The number of aromatic nitrogens is 7. The third kappa shape index (κ3) is 3.91. The number of anilines is 1. The molecule has 6 aromatic rings. The van der Waals surface area contributed by atoms with Gasteiger partial charge in [0.15, 0.2) is 11.5 Å². The fraction of sp³-hybridized carbons (Fsp3) is 0.154. The van der Waals surface area contributed by atoms with Gasteiger partial charge in [-0.1, -0.05) is 20.8 Å². The van der Waals surface area contributed by atoms with Crippen molar-refractivity contribution in [1.29, 1.82) is 0 Å². The Balaban J connectivity index is 1.40. The van der Waals surface area contributed by atoms with E-state index in [1.54, 1.807) is 29.9 Å². The number of pyridine rings is 3. The molecule has 10 heteroatoms. The fourth-order valence-corrected chi connectivity index (χ4v) is 4.49. The van der Waals surface area contributed by atoms with Crippen LogP contribution in [-0.4, -0.2) is 41.0 Å². The number of aromatic amines is 2. The van der Waals surface area contributed by atoms with E-state index in [-0.39, 0.29) is 5.91 Å². The number of nitrogens with zero attached hydrogens (tertiary/aromatic N) is 5. The number of fused-ring (bicyclic) bond motifs is 2. The van der Waals surface area contributed by atoms with Gasteiger partial charge >= 0.3 is 0 Å². The highest BCUT2D eigenvalue weighted by Crippen LogP contribution is 2.31. The van der Waals surface area contributed by atoms with Gasteiger partial charge in [0.25, 0.3) is 0 Å². The van der Waals surface area contributed by atoms with Crippen molar-refractivity contribution in [2.24, 2.45) is 5.41 Å². The summed E-state index contributed by atoms with van der Waals surface area (Å²) >= 11 is 1.62. The van der Waals surface area contributed by atoms with Crippen LogP contribution >= 0.6 is 11.3 Å². The van der Waals surface area contributed by atoms with Gasteiger partial charge in [-0.05, 0) is 35.7 Å². The van der Waals surface area contributed by atoms with Crippen LogP contribution in [-0.2, 0) is 4.79 Å². The Morgan fingerprint density at radius 1 is 0.972 bits per heavy atom. The summed E-state index contributed by atoms with van der Waals surface area (Å²) < 4.78 is 0. The maximum atomic E-state index is 12.4. The van der Waals surface area contributed by atoms with Gasteiger partial charge in [0.05, 0.1) is 34.3 Å². The Morgan fingerprint density at radius 3 is 2.64 bits per heavy atom. The Bertz CT molecular complexity index is 1730. The second-order valence-electron chi connectivity index (χ2n) is 9.48. The minimum atomic E-state index is -0.510. The number of carbonyl (C=O) groups is 1. The first-order valence-corrected chi connectivity index (χ1v) is 12.3. The minimum absolute atomic E-state index is 0.0804. The zero-order chi connectivity index (χ0) is 24.9. The van der Waals surface area contributed by atoms with Gasteiger partial charge in [0.2, 0.25) is 5.91 Å². The maximum absolute atomic E-state index is 12.4. The minimum Gasteiger partial charge on any atom is -0.336 e. The van der Waals surface area contributed by atoms with Crippen molar-refractivity contribution in [2.75, 3.05) is 5.32 Å². The molecule has 0 fully saturated rings. The van der Waals surface area contributed by atoms with Crippen LogP contribution in [0.1, 0.15) is 20.8 Å². The molecule has 178 valence electrons. The van der Waals surface area contributed by atoms with Crippen molar-refractivity contribution in [2.45, 2.75) is 20.8 Å². The number of thiophene rings is 1. The van der Waals surface area contributed by atoms with Crippen LogP contribution in [0.2, 0.25) is 0 Å². The highest BCUT2D eigenvalue weighted by molar-refractivity contribution is 7.08. The van der Waals surface area contributed by atoms with E-state index in [4.69, 9.17) is 9.97 Å². The lowest BCUT2D eigenvalue weighted by Crippen LogP contribution is -2.27. The highest BCUT2D eigenvalue weighted by Gasteiger charge is 2.22. The van der Waals surface area contributed by atoms with Gasteiger partial charge in [-0.3, -0.25) is 19.9 Å². The number of hydrogen-bond acceptors (Lipinski definition) is 7. The van der Waals surface area contributed by atoms with E-state index in [0.717, 1.165) is 33.4 Å². The molecular formula is C26H22N8OS. The number of hydrogen-bond donors (Lipinski definition) is 3. The number of H-pyrrole nitrogens is 2. The molecule has 0 aromatic carbocycles. The monoisotopic (exact) mass is 494 g/mol. The van der Waals surface area contributed by atoms with Crippen LogP contribution in [0.3, 0.4) is 0 Å². The zero-order valence-electron chi connectivity index (χ0n) is 19.8. The van der Waals surface area contributed by atoms with Crippen LogP contribution in [0, 0.1) is 5.41 Å². The quantitative estimate of drug-likeness (QED) is 0.290. The summed E-state index contributed by atoms with van der Waals surface area (Å²) in [4.78, 5) is 34.3. The topological polar surface area (TPSA) is 125 Å². The maximum Gasteiger partial charge on any atom is 0.229 e. The summed E-state index contributed by atoms with van der Waals surface area (Å²) in [6.07, 6.45) is 5.12. The molecule has 1 amide bonds. The zero-order valence-corrected chi connectivity index (χ0v) is 20.6. The molecule has 0 spiro atoms. The van der Waals surface area contributed by atoms with Gasteiger partial charge in [-0.25, -0.2) is 9.97 Å². The lowest BCUT2D eigenvalue weighted by atomic mass is 9.95. The number of rotatable bonds is 4. The second kappa shape index (κ2) is 8.35. The average Bonchev–Trinajstić information content (AvgIpc) is 3.62. The van der Waals surface area contributed by atoms with Crippen LogP contribution in [0.4, 0.5) is 5.69 Å². The molecule has 6 rings (SSSR count). The van der Waals surface area contributed by atoms with Crippen molar-refractivity contribution in [3.8, 4) is 34.0 Å². The SMILES string of the molecule is CC(C)(C)C(=O)Nc1cncc(-c2ccc3[nH]nc(-c4nc5c(-c6ccsc6)nccc5[nH]4)c3n2)c1. The molecular weight excluding hydrogens is 472 g/mol. The number of imidazole rings is 1. The largest absolute Gasteiger partial charge is 0.336 e. The second-order valence-corrected chi connectivity index (χ2v) is 10.3. The van der Waals surface area contributed by atoms with Gasteiger partial charge in [-0.15, -0.1) is 0 Å². The molecule has 0 aliphatic heterocycles. The van der Waals surface area contributed by atoms with Crippen molar-refractivity contribution >= 4 is 45.0 Å². The standard InChI is InChI=1S/C26H22N8OS/c1-26(2,3)25(35)29-16-10-15(11-27-12-16)17-4-5-19-22(30-17)23(34-33-19)24-31-18-6-8-28-20(21(18)32-24)14-7-9-36-13-14/h4-13H,1-3H3,(H,29,35)(H,31,32)(H,33,34). The molecule has 36 heavy (non-hydrogen) atoms. The fourth-order valence-electron chi connectivity index (χ4n) is 3.85. The molecule has 0 aliphatic rings. The first-order valence-electron chi connectivity index (χ1n) is 11.4. The van der Waals surface area contributed by atoms with Crippen LogP contribution in [0.25, 0.3) is 56.1 Å². The Hall–Kier alpha value is -4.44. The third-order valence-electron chi connectivity index (χ3n) is 5.80. The predicted molar refractivity (Wildman–Crippen MR) is 141 cm³/mol. The van der Waals surface area contributed by atoms with Crippen molar-refractivity contribution in [3.05, 3.63) is 59.7 Å². The van der Waals surface area contributed by atoms with E-state index in [9.17, 15) is 4.79 Å². The van der Waals surface area contributed by atoms with Crippen molar-refractivity contribution in [1.82, 2.24) is 35.1 Å². The van der Waals surface area contributed by atoms with Crippen LogP contribution in [0.5, 0.6) is 0 Å². The van der Waals surface area contributed by atoms with Gasteiger partial charge in [0.1, 0.15) is 11.0 Å². The van der Waals surface area contributed by atoms with Gasteiger partial charge in [0, 0.05) is 34.3 Å². The molecule has 6 aromatic heterocycles. The molecule has 3 N–H and O–H groups in total. The van der Waals surface area contributed by atoms with E-state index in [1.165, 1.54) is 0 Å². The summed E-state index contributed by atoms with van der Waals surface area (Å²) in [6.45, 7) is 5.60. The molecule has 0 saturated heterocycles. The molecule has 0 saturated carbocycles. The van der Waals surface area contributed by atoms with E-state index < -0.39 is 5.41 Å². The summed E-state index contributed by atoms with van der Waals surface area (Å²) in [7, 11) is 0. The summed E-state index contributed by atoms with van der Waals surface area (Å²) in [5.74, 6) is 0.526. The van der Waals surface area contributed by atoms with Crippen molar-refractivity contribution in [3.63, 3.8) is 0 Å². The first kappa shape index (κ1) is 22.1. The Labute approximate surface area is 210 Å². The van der Waals surface area contributed by atoms with Crippen LogP contribution in [0.15, 0.2) is 59.7 Å². The summed E-state index contributed by atoms with van der Waals surface area (Å²) in [6, 6.07) is 9.62. The average molecular weight is 495 g/mol. The van der Waals surface area contributed by atoms with Crippen LogP contribution < -0.4 is 5.32 Å². The van der Waals surface area contributed by atoms with E-state index >= 15 is 0 Å². The van der Waals surface area contributed by atoms with E-state index in [2.05, 4.69) is 35.8 Å². The van der Waals surface area contributed by atoms with E-state index in [0.29, 0.717) is 28.4 Å².